The number of aryl methyl sites for hydroxylation is 1. The average Bonchev–Trinajstić information content (AvgIpc) is 2.65. The fraction of sp³-hybridized carbons (Fsp3) is 0.143. The Morgan fingerprint density at radius 2 is 2.18 bits per heavy atom. The van der Waals surface area contributed by atoms with Crippen molar-refractivity contribution in [3.05, 3.63) is 46.9 Å². The van der Waals surface area contributed by atoms with Crippen molar-refractivity contribution in [3.63, 3.8) is 0 Å². The molecule has 0 bridgehead atoms. The lowest BCUT2D eigenvalue weighted by atomic mass is 10.0. The summed E-state index contributed by atoms with van der Waals surface area (Å²) in [6.07, 6.45) is 7.51. The van der Waals surface area contributed by atoms with E-state index in [2.05, 4.69) is 12.1 Å². The van der Waals surface area contributed by atoms with E-state index >= 15 is 0 Å². The summed E-state index contributed by atoms with van der Waals surface area (Å²) in [5.74, 6) is 0. The van der Waals surface area contributed by atoms with Crippen molar-refractivity contribution < 1.29 is 4.39 Å². The van der Waals surface area contributed by atoms with Gasteiger partial charge >= 0.3 is 0 Å². The van der Waals surface area contributed by atoms with Gasteiger partial charge in [-0.1, -0.05) is 24.3 Å². The van der Waals surface area contributed by atoms with E-state index in [0.29, 0.717) is 0 Å². The number of fused-ring (bicyclic) bond motifs is 3. The molecule has 0 fully saturated rings. The molecule has 0 amide bonds. The first-order chi connectivity index (χ1) is 8.27. The molecule has 0 aliphatic heterocycles. The van der Waals surface area contributed by atoms with Crippen LogP contribution in [0.1, 0.15) is 17.7 Å². The Morgan fingerprint density at radius 1 is 1.35 bits per heavy atom. The van der Waals surface area contributed by atoms with E-state index in [4.69, 9.17) is 11.6 Å². The highest BCUT2D eigenvalue weighted by Crippen LogP contribution is 2.31. The quantitative estimate of drug-likeness (QED) is 0.696. The van der Waals surface area contributed by atoms with E-state index in [1.165, 1.54) is 17.1 Å². The number of benzene rings is 1. The van der Waals surface area contributed by atoms with Gasteiger partial charge in [0.15, 0.2) is 0 Å². The third-order valence-electron chi connectivity index (χ3n) is 3.12. The maximum atomic E-state index is 12.9. The summed E-state index contributed by atoms with van der Waals surface area (Å²) in [6, 6.07) is 8.02. The van der Waals surface area contributed by atoms with Crippen molar-refractivity contribution in [1.29, 1.82) is 0 Å². The van der Waals surface area contributed by atoms with Crippen molar-refractivity contribution >= 4 is 34.8 Å². The van der Waals surface area contributed by atoms with E-state index in [1.54, 1.807) is 0 Å². The Kier molecular flexibility index (Phi) is 2.52. The second-order valence-electron chi connectivity index (χ2n) is 4.11. The number of hydrogen-bond acceptors (Lipinski definition) is 0. The van der Waals surface area contributed by atoms with Gasteiger partial charge in [-0.3, -0.25) is 0 Å². The van der Waals surface area contributed by atoms with Crippen molar-refractivity contribution in [1.82, 2.24) is 4.57 Å². The highest BCUT2D eigenvalue weighted by atomic mass is 35.5. The Labute approximate surface area is 104 Å². The lowest BCUT2D eigenvalue weighted by molar-refractivity contribution is 0.697. The summed E-state index contributed by atoms with van der Waals surface area (Å²) in [5.41, 5.74) is 3.31. The smallest absolute Gasteiger partial charge is 0.205 e. The van der Waals surface area contributed by atoms with Crippen LogP contribution >= 0.6 is 11.6 Å². The lowest BCUT2D eigenvalue weighted by Gasteiger charge is -2.07. The largest absolute Gasteiger partial charge is 0.312 e. The van der Waals surface area contributed by atoms with Gasteiger partial charge in [0, 0.05) is 11.1 Å². The fourth-order valence-corrected chi connectivity index (χ4v) is 2.55. The first-order valence-electron chi connectivity index (χ1n) is 5.58. The van der Waals surface area contributed by atoms with Gasteiger partial charge in [0.25, 0.3) is 0 Å². The Morgan fingerprint density at radius 3 is 3.00 bits per heavy atom. The molecule has 1 heterocycles. The van der Waals surface area contributed by atoms with Crippen LogP contribution in [0.3, 0.4) is 0 Å². The molecule has 1 aromatic heterocycles. The van der Waals surface area contributed by atoms with Crippen LogP contribution in [0.4, 0.5) is 4.39 Å². The third kappa shape index (κ3) is 1.69. The van der Waals surface area contributed by atoms with E-state index in [0.717, 1.165) is 24.1 Å². The SMILES string of the molecule is F/C(Cl)=C/n1c2c(c3ccccc31)CCC=C2. The number of rotatable bonds is 1. The van der Waals surface area contributed by atoms with Gasteiger partial charge < -0.3 is 4.57 Å². The van der Waals surface area contributed by atoms with Gasteiger partial charge in [-0.2, -0.15) is 4.39 Å². The minimum absolute atomic E-state index is 0.701. The summed E-state index contributed by atoms with van der Waals surface area (Å²) in [6.45, 7) is 0. The van der Waals surface area contributed by atoms with Gasteiger partial charge in [0.1, 0.15) is 0 Å². The Bertz CT molecular complexity index is 633. The standard InChI is InChI=1S/C14H11ClFN/c15-14(16)9-17-12-7-3-1-5-10(12)11-6-2-4-8-13(11)17/h1,3-5,7-9H,2,6H2/b14-9+. The zero-order chi connectivity index (χ0) is 11.8. The highest BCUT2D eigenvalue weighted by Gasteiger charge is 2.15. The minimum atomic E-state index is -0.701. The van der Waals surface area contributed by atoms with Crippen molar-refractivity contribution in [3.8, 4) is 0 Å². The molecule has 17 heavy (non-hydrogen) atoms. The molecule has 3 heteroatoms. The van der Waals surface area contributed by atoms with Crippen LogP contribution < -0.4 is 0 Å². The second-order valence-corrected chi connectivity index (χ2v) is 4.47. The summed E-state index contributed by atoms with van der Waals surface area (Å²) >= 11 is 5.36. The molecule has 0 saturated heterocycles. The highest BCUT2D eigenvalue weighted by molar-refractivity contribution is 6.29. The molecule has 3 rings (SSSR count). The van der Waals surface area contributed by atoms with E-state index in [1.807, 2.05) is 28.8 Å². The van der Waals surface area contributed by atoms with Gasteiger partial charge in [0.2, 0.25) is 5.29 Å². The number of aromatic nitrogens is 1. The first kappa shape index (κ1) is 10.6. The van der Waals surface area contributed by atoms with Crippen molar-refractivity contribution in [2.45, 2.75) is 12.8 Å². The number of hydrogen-bond donors (Lipinski definition) is 0. The van der Waals surface area contributed by atoms with Crippen LogP contribution in [-0.4, -0.2) is 4.57 Å². The number of nitrogens with zero attached hydrogens (tertiary/aromatic N) is 1. The van der Waals surface area contributed by atoms with Gasteiger partial charge in [-0.25, -0.2) is 0 Å². The van der Waals surface area contributed by atoms with Crippen LogP contribution in [0.2, 0.25) is 0 Å². The topological polar surface area (TPSA) is 4.93 Å². The molecule has 0 N–H and O–H groups in total. The second kappa shape index (κ2) is 4.04. The van der Waals surface area contributed by atoms with Crippen LogP contribution in [0.15, 0.2) is 35.6 Å². The average molecular weight is 248 g/mol. The van der Waals surface area contributed by atoms with Crippen molar-refractivity contribution in [2.75, 3.05) is 0 Å². The van der Waals surface area contributed by atoms with E-state index < -0.39 is 5.29 Å². The van der Waals surface area contributed by atoms with Crippen LogP contribution in [0.25, 0.3) is 23.2 Å². The normalized spacial score (nSPS) is 15.3. The zero-order valence-electron chi connectivity index (χ0n) is 9.16. The molecule has 1 aliphatic carbocycles. The zero-order valence-corrected chi connectivity index (χ0v) is 9.91. The van der Waals surface area contributed by atoms with E-state index in [-0.39, 0.29) is 0 Å². The number of para-hydroxylation sites is 1. The molecule has 1 aromatic carbocycles. The van der Waals surface area contributed by atoms with Gasteiger partial charge in [-0.05, 0) is 42.1 Å². The number of allylic oxidation sites excluding steroid dienone is 1. The lowest BCUT2D eigenvalue weighted by Crippen LogP contribution is -1.96. The molecule has 86 valence electrons. The number of halogens is 2. The van der Waals surface area contributed by atoms with Crippen LogP contribution in [-0.2, 0) is 6.42 Å². The molecule has 0 atom stereocenters. The predicted molar refractivity (Wildman–Crippen MR) is 70.5 cm³/mol. The molecular formula is C14H11ClFN. The first-order valence-corrected chi connectivity index (χ1v) is 5.96. The monoisotopic (exact) mass is 247 g/mol. The molecule has 2 aromatic rings. The van der Waals surface area contributed by atoms with Crippen LogP contribution in [0, 0.1) is 0 Å². The van der Waals surface area contributed by atoms with Gasteiger partial charge in [-0.15, -0.1) is 0 Å². The maximum absolute atomic E-state index is 12.9. The summed E-state index contributed by atoms with van der Waals surface area (Å²) in [5, 5.41) is 0.480. The van der Waals surface area contributed by atoms with Crippen LogP contribution in [0.5, 0.6) is 0 Å². The molecular weight excluding hydrogens is 237 g/mol. The molecule has 1 nitrogen and oxygen atoms in total. The minimum Gasteiger partial charge on any atom is -0.312 e. The van der Waals surface area contributed by atoms with E-state index in [9.17, 15) is 4.39 Å². The van der Waals surface area contributed by atoms with Gasteiger partial charge in [0.05, 0.1) is 11.7 Å². The predicted octanol–water partition coefficient (Wildman–Crippen LogP) is 4.56. The molecule has 0 saturated carbocycles. The maximum Gasteiger partial charge on any atom is 0.205 e. The summed E-state index contributed by atoms with van der Waals surface area (Å²) in [7, 11) is 0. The molecule has 0 unspecified atom stereocenters. The third-order valence-corrected chi connectivity index (χ3v) is 3.22. The Hall–Kier alpha value is -1.54. The molecule has 0 spiro atoms. The fourth-order valence-electron chi connectivity index (χ4n) is 2.45. The molecule has 0 radical (unpaired) electrons. The summed E-state index contributed by atoms with van der Waals surface area (Å²) < 4.78 is 14.8. The Balaban J connectivity index is 2.40. The summed E-state index contributed by atoms with van der Waals surface area (Å²) in [4.78, 5) is 0. The molecule has 1 aliphatic rings. The van der Waals surface area contributed by atoms with Crippen molar-refractivity contribution in [2.24, 2.45) is 0 Å².